The molecule has 0 aliphatic heterocycles. The molecule has 0 radical (unpaired) electrons. The Balaban J connectivity index is 0.000000186. The highest BCUT2D eigenvalue weighted by atomic mass is 16.2. The normalized spacial score (nSPS) is 46.7. The number of urea groups is 1. The quantitative estimate of drug-likeness (QED) is 0.120. The van der Waals surface area contributed by atoms with Crippen molar-refractivity contribution in [2.24, 2.45) is 112 Å². The Hall–Kier alpha value is -4.61. The van der Waals surface area contributed by atoms with Gasteiger partial charge in [0, 0.05) is 58.4 Å². The van der Waals surface area contributed by atoms with Crippen molar-refractivity contribution in [1.82, 2.24) is 10.6 Å². The molecule has 0 heterocycles. The number of nitrogens with one attached hydrogen (secondary N) is 2. The van der Waals surface area contributed by atoms with Gasteiger partial charge in [-0.3, -0.25) is 14.4 Å². The Morgan fingerprint density at radius 3 is 1.42 bits per heavy atom. The van der Waals surface area contributed by atoms with Gasteiger partial charge in [0.05, 0.1) is 13.1 Å². The number of nitrogens with zero attached hydrogens (tertiary/aromatic N) is 5. The molecule has 0 aromatic rings. The first-order chi connectivity index (χ1) is 35.0. The Kier molecular flexibility index (Phi) is 12.9. The van der Waals surface area contributed by atoms with Crippen molar-refractivity contribution < 1.29 is 28.8 Å². The Bertz CT molecular complexity index is 2790. The van der Waals surface area contributed by atoms with Crippen molar-refractivity contribution in [3.05, 3.63) is 56.8 Å². The van der Waals surface area contributed by atoms with E-state index in [0.717, 1.165) is 77.0 Å². The summed E-state index contributed by atoms with van der Waals surface area (Å²) in [6.07, 6.45) is 16.9. The van der Waals surface area contributed by atoms with E-state index in [0.29, 0.717) is 31.5 Å². The minimum absolute atomic E-state index is 0.00571. The smallest absolute Gasteiger partial charge is 0.314 e. The number of hydrogen-bond donors (Lipinski definition) is 2. The molecule has 0 aromatic carbocycles. The number of amides is 3. The summed E-state index contributed by atoms with van der Waals surface area (Å²) in [5, 5.41) is 9.77. The summed E-state index contributed by atoms with van der Waals surface area (Å²) in [7, 11) is 1.67. The predicted octanol–water partition coefficient (Wildman–Crippen LogP) is 13.8. The van der Waals surface area contributed by atoms with E-state index in [1.807, 2.05) is 39.8 Å². The van der Waals surface area contributed by atoms with Gasteiger partial charge in [-0.2, -0.15) is 0 Å². The van der Waals surface area contributed by atoms with Gasteiger partial charge in [0.2, 0.25) is 17.3 Å². The first kappa shape index (κ1) is 56.1. The first-order valence-corrected chi connectivity index (χ1v) is 29.0. The van der Waals surface area contributed by atoms with Crippen LogP contribution in [0.2, 0.25) is 0 Å². The van der Waals surface area contributed by atoms with Gasteiger partial charge in [0.1, 0.15) is 11.6 Å². The highest BCUT2D eigenvalue weighted by molar-refractivity contribution is 6.03. The molecule has 10 aliphatic rings. The largest absolute Gasteiger partial charge is 0.341 e. The molecule has 2 N–H and O–H groups in total. The van der Waals surface area contributed by atoms with Gasteiger partial charge in [-0.05, 0) is 179 Å². The van der Waals surface area contributed by atoms with Crippen LogP contribution in [-0.2, 0) is 24.0 Å². The van der Waals surface area contributed by atoms with Crippen molar-refractivity contribution in [3.8, 4) is 0 Å². The summed E-state index contributed by atoms with van der Waals surface area (Å²) in [5.41, 5.74) is 5.74. The van der Waals surface area contributed by atoms with Gasteiger partial charge >= 0.3 is 6.03 Å². The van der Waals surface area contributed by atoms with Crippen LogP contribution in [0.3, 0.4) is 0 Å². The Morgan fingerprint density at radius 1 is 0.566 bits per heavy atom. The van der Waals surface area contributed by atoms with Crippen LogP contribution < -0.4 is 10.6 Å². The lowest BCUT2D eigenvalue weighted by Gasteiger charge is -2.72. The molecule has 10 rings (SSSR count). The number of azide groups is 1. The van der Waals surface area contributed by atoms with Crippen LogP contribution in [0.5, 0.6) is 0 Å². The fraction of sp³-hybridized carbons (Fsp3) is 0.810. The average molecular weight is 1040 g/mol. The molecule has 0 spiro atoms. The molecule has 76 heavy (non-hydrogen) atoms. The number of carbonyl (C=O) groups excluding carboxylic acids is 6. The molecule has 3 amide bonds. The van der Waals surface area contributed by atoms with Gasteiger partial charge in [0.25, 0.3) is 0 Å². The third kappa shape index (κ3) is 7.40. The van der Waals surface area contributed by atoms with E-state index in [-0.39, 0.29) is 131 Å². The second-order valence-corrected chi connectivity index (χ2v) is 30.8. The highest BCUT2D eigenvalue weighted by Crippen LogP contribution is 2.78. The highest BCUT2D eigenvalue weighted by Gasteiger charge is 2.75. The molecule has 0 bridgehead atoms. The molecule has 0 aromatic heterocycles. The summed E-state index contributed by atoms with van der Waals surface area (Å²) < 4.78 is 0. The lowest BCUT2D eigenvalue weighted by atomic mass is 9.31. The molecule has 0 saturated heterocycles. The molecule has 10 aliphatic carbocycles. The van der Waals surface area contributed by atoms with Crippen molar-refractivity contribution in [3.63, 3.8) is 0 Å². The van der Waals surface area contributed by atoms with E-state index in [1.54, 1.807) is 7.05 Å². The van der Waals surface area contributed by atoms with Crippen molar-refractivity contribution in [2.45, 2.75) is 205 Å². The van der Waals surface area contributed by atoms with Crippen LogP contribution in [-0.4, -0.2) is 47.7 Å². The lowest BCUT2D eigenvalue weighted by Crippen LogP contribution is -2.72. The number of fused-ring (bicyclic) bond motifs is 14. The number of rotatable bonds is 2. The zero-order valence-corrected chi connectivity index (χ0v) is 48.8. The van der Waals surface area contributed by atoms with Crippen LogP contribution in [0, 0.1) is 120 Å². The van der Waals surface area contributed by atoms with Crippen LogP contribution in [0.25, 0.3) is 20.1 Å². The third-order valence-corrected chi connectivity index (χ3v) is 26.0. The van der Waals surface area contributed by atoms with Crippen molar-refractivity contribution in [1.29, 1.82) is 0 Å². The third-order valence-electron chi connectivity index (χ3n) is 26.0. The number of hydrogen-bond acceptors (Lipinski definition) is 6. The number of Topliss-reactive ketones (excluding diaryl/α,β-unsaturated/α-hetero) is 4. The van der Waals surface area contributed by atoms with E-state index in [2.05, 4.69) is 99.6 Å². The van der Waals surface area contributed by atoms with Gasteiger partial charge in [-0.1, -0.05) is 109 Å². The van der Waals surface area contributed by atoms with E-state index in [9.17, 15) is 28.8 Å². The predicted molar refractivity (Wildman–Crippen MR) is 292 cm³/mol. The standard InChI is InChI=1S/C32H47N3O3.C31H42N4O3/c1-27(2)12-14-32(35-26(38)34-9)15-13-31(7)24(19(32)17-27)21(36)16-23-29(5)18-20(33-8)25(37)28(3,4)22(29)10-11-30(23,31)6;1-26(2)11-13-31(25(38)34-35-32)14-12-30(7)23(18(31)16-26)20(36)15-22-28(5)17-19(33-8)24(37)27(3,4)21(28)9-10-29(22,30)6/h18-19,22-24H,10-17H2,1-7,9H3,(H2,34,35,38);17-18,21-23H,9-16H2,1-7H3/t19-,22?,23+,24-,29-,30+,31+,32-;18-,21?,22+,23-,28-,29+,30+,31-/m00/s1. The zero-order chi connectivity index (χ0) is 56.2. The molecule has 412 valence electrons. The average Bonchev–Trinajstić information content (AvgIpc) is 3.51. The van der Waals surface area contributed by atoms with E-state index in [4.69, 9.17) is 18.7 Å². The fourth-order valence-electron chi connectivity index (χ4n) is 21.6. The molecule has 13 heteroatoms. The summed E-state index contributed by atoms with van der Waals surface area (Å²) in [6.45, 7) is 46.4. The van der Waals surface area contributed by atoms with Crippen LogP contribution >= 0.6 is 0 Å². The fourth-order valence-corrected chi connectivity index (χ4v) is 21.6. The lowest BCUT2D eigenvalue weighted by molar-refractivity contribution is -0.221. The zero-order valence-electron chi connectivity index (χ0n) is 48.8. The number of carbonyl (C=O) groups is 6. The van der Waals surface area contributed by atoms with E-state index >= 15 is 0 Å². The Labute approximate surface area is 453 Å². The number of allylic oxidation sites excluding steroid dienone is 4. The van der Waals surface area contributed by atoms with Crippen LogP contribution in [0.15, 0.2) is 28.7 Å². The summed E-state index contributed by atoms with van der Waals surface area (Å²) in [6, 6.07) is -0.149. The monoisotopic (exact) mass is 1040 g/mol. The first-order valence-electron chi connectivity index (χ1n) is 29.0. The van der Waals surface area contributed by atoms with Crippen molar-refractivity contribution in [2.75, 3.05) is 7.05 Å². The van der Waals surface area contributed by atoms with Gasteiger partial charge < -0.3 is 20.2 Å². The minimum Gasteiger partial charge on any atom is -0.341 e. The van der Waals surface area contributed by atoms with E-state index < -0.39 is 21.7 Å². The van der Waals surface area contributed by atoms with Crippen LogP contribution in [0.4, 0.5) is 4.79 Å². The Morgan fingerprint density at radius 2 is 0.974 bits per heavy atom. The SMILES string of the molecule is [C-]#[N+]C1=C[C@@]2(C)C(CC[C@]3(C)[C@@H]2CC(=O)[C@@H]2[C@@H]4CC(C)(C)CC[C@]4(C(=O)N=[N+]=[N-])CC[C@]23C)C(C)(C)C1=O.[C-]#[N+]C1=C[C@@]2(C)C(CC[C@]3(C)[C@@H]2CC(=O)[C@@H]2[C@@H]4CC(C)(C)CC[C@]4(NC(=O)NC)CC[C@]23C)C(C)(C)C1=O. The minimum atomic E-state index is -0.762. The maximum absolute atomic E-state index is 14.5. The van der Waals surface area contributed by atoms with E-state index in [1.165, 1.54) is 0 Å². The molecular weight excluding hydrogens is 951 g/mol. The summed E-state index contributed by atoms with van der Waals surface area (Å²) in [4.78, 5) is 91.8. The molecule has 8 fully saturated rings. The number of ketones is 4. The summed E-state index contributed by atoms with van der Waals surface area (Å²) >= 11 is 0. The second-order valence-electron chi connectivity index (χ2n) is 30.8. The molecule has 2 unspecified atom stereocenters. The molecule has 16 atom stereocenters. The van der Waals surface area contributed by atoms with Crippen molar-refractivity contribution >= 4 is 35.1 Å². The molecular formula is C63H89N7O6. The van der Waals surface area contributed by atoms with Gasteiger partial charge in [0.15, 0.2) is 11.6 Å². The molecule has 8 saturated carbocycles. The summed E-state index contributed by atoms with van der Waals surface area (Å²) in [5.74, 6) is -0.0671. The topological polar surface area (TPSA) is 184 Å². The van der Waals surface area contributed by atoms with Gasteiger partial charge in [-0.15, -0.1) is 0 Å². The maximum Gasteiger partial charge on any atom is 0.314 e. The second kappa shape index (κ2) is 17.4. The maximum atomic E-state index is 14.5. The van der Waals surface area contributed by atoms with Gasteiger partial charge in [-0.25, -0.2) is 14.5 Å². The molecule has 13 nitrogen and oxygen atoms in total. The van der Waals surface area contributed by atoms with Crippen LogP contribution in [0.1, 0.15) is 200 Å².